The van der Waals surface area contributed by atoms with E-state index in [1.165, 1.54) is 0 Å². The van der Waals surface area contributed by atoms with Crippen LogP contribution in [0, 0.1) is 5.92 Å². The number of benzene rings is 1. The monoisotopic (exact) mass is 365 g/mol. The third kappa shape index (κ3) is 4.04. The molecule has 6 nitrogen and oxygen atoms in total. The highest BCUT2D eigenvalue weighted by Gasteiger charge is 2.29. The highest BCUT2D eigenvalue weighted by atomic mass is 32.2. The number of rotatable bonds is 6. The molecule has 3 rings (SSSR count). The third-order valence-corrected chi connectivity index (χ3v) is 7.03. The van der Waals surface area contributed by atoms with E-state index in [0.717, 1.165) is 38.0 Å². The van der Waals surface area contributed by atoms with Gasteiger partial charge in [-0.3, -0.25) is 4.79 Å². The molecular weight excluding hydrogens is 338 g/mol. The van der Waals surface area contributed by atoms with Gasteiger partial charge in [-0.05, 0) is 62.5 Å². The summed E-state index contributed by atoms with van der Waals surface area (Å²) in [5.41, 5.74) is 0.783. The summed E-state index contributed by atoms with van der Waals surface area (Å²) in [6, 6.07) is 6.74. The number of carbonyl (C=O) groups excluding carboxylic acids is 1. The molecule has 0 unspecified atom stereocenters. The molecule has 138 valence electrons. The normalized spacial score (nSPS) is 20.4. The quantitative estimate of drug-likeness (QED) is 0.835. The van der Waals surface area contributed by atoms with Gasteiger partial charge in [0.05, 0.1) is 4.90 Å². The molecular formula is C18H27N3O3S. The summed E-state index contributed by atoms with van der Waals surface area (Å²) in [6.07, 6.45) is 3.22. The average molecular weight is 365 g/mol. The van der Waals surface area contributed by atoms with Crippen LogP contribution in [-0.4, -0.2) is 51.4 Å². The number of nitrogens with zero attached hydrogens (tertiary/aromatic N) is 2. The lowest BCUT2D eigenvalue weighted by atomic mass is 9.98. The molecule has 1 N–H and O–H groups in total. The molecule has 2 aliphatic rings. The lowest BCUT2D eigenvalue weighted by Crippen LogP contribution is -2.40. The summed E-state index contributed by atoms with van der Waals surface area (Å²) in [4.78, 5) is 13.8. The Labute approximate surface area is 150 Å². The number of carbonyl (C=O) groups is 1. The Morgan fingerprint density at radius 3 is 2.36 bits per heavy atom. The molecule has 0 spiro atoms. The van der Waals surface area contributed by atoms with Crippen molar-refractivity contribution in [2.45, 2.75) is 37.5 Å². The third-order valence-electron chi connectivity index (χ3n) is 5.12. The van der Waals surface area contributed by atoms with Crippen LogP contribution in [-0.2, 0) is 14.8 Å². The van der Waals surface area contributed by atoms with Crippen LogP contribution in [0.25, 0.3) is 0 Å². The molecule has 0 radical (unpaired) electrons. The van der Waals surface area contributed by atoms with Crippen LogP contribution in [0.5, 0.6) is 0 Å². The summed E-state index contributed by atoms with van der Waals surface area (Å²) in [6.45, 7) is 5.85. The second-order valence-electron chi connectivity index (χ2n) is 6.80. The Balaban J connectivity index is 1.65. The highest BCUT2D eigenvalue weighted by molar-refractivity contribution is 7.89. The summed E-state index contributed by atoms with van der Waals surface area (Å²) in [7, 11) is -3.45. The molecule has 2 aliphatic heterocycles. The Hall–Kier alpha value is -1.44. The molecule has 0 aliphatic carbocycles. The van der Waals surface area contributed by atoms with Gasteiger partial charge in [0, 0.05) is 31.7 Å². The van der Waals surface area contributed by atoms with Gasteiger partial charge >= 0.3 is 0 Å². The van der Waals surface area contributed by atoms with E-state index in [-0.39, 0.29) is 5.91 Å². The van der Waals surface area contributed by atoms with Crippen molar-refractivity contribution < 1.29 is 13.2 Å². The maximum Gasteiger partial charge on any atom is 0.243 e. The minimum atomic E-state index is -3.45. The second kappa shape index (κ2) is 7.85. The van der Waals surface area contributed by atoms with E-state index in [1.807, 2.05) is 0 Å². The molecule has 2 fully saturated rings. The fourth-order valence-electron chi connectivity index (χ4n) is 3.57. The second-order valence-corrected chi connectivity index (χ2v) is 8.74. The molecule has 0 atom stereocenters. The Bertz CT molecular complexity index is 695. The Kier molecular flexibility index (Phi) is 5.76. The number of hydrogen-bond acceptors (Lipinski definition) is 4. The zero-order valence-electron chi connectivity index (χ0n) is 14.8. The molecule has 1 aromatic carbocycles. The first-order chi connectivity index (χ1) is 12.0. The van der Waals surface area contributed by atoms with Crippen molar-refractivity contribution in [3.63, 3.8) is 0 Å². The van der Waals surface area contributed by atoms with Crippen molar-refractivity contribution in [1.82, 2.24) is 9.62 Å². The predicted molar refractivity (Wildman–Crippen MR) is 98.1 cm³/mol. The van der Waals surface area contributed by atoms with E-state index >= 15 is 0 Å². The van der Waals surface area contributed by atoms with E-state index < -0.39 is 10.0 Å². The van der Waals surface area contributed by atoms with Gasteiger partial charge in [0.1, 0.15) is 0 Å². The summed E-state index contributed by atoms with van der Waals surface area (Å²) >= 11 is 0. The van der Waals surface area contributed by atoms with Gasteiger partial charge in [-0.1, -0.05) is 6.92 Å². The first-order valence-corrected chi connectivity index (χ1v) is 10.6. The maximum atomic E-state index is 12.8. The van der Waals surface area contributed by atoms with Gasteiger partial charge < -0.3 is 10.2 Å². The molecule has 25 heavy (non-hydrogen) atoms. The van der Waals surface area contributed by atoms with Crippen LogP contribution in [0.1, 0.15) is 32.6 Å². The van der Waals surface area contributed by atoms with Crippen LogP contribution in [0.3, 0.4) is 0 Å². The molecule has 0 aromatic heterocycles. The van der Waals surface area contributed by atoms with Gasteiger partial charge in [-0.15, -0.1) is 0 Å². The van der Waals surface area contributed by atoms with Crippen molar-refractivity contribution in [1.29, 1.82) is 0 Å². The fourth-order valence-corrected chi connectivity index (χ4v) is 5.04. The topological polar surface area (TPSA) is 69.7 Å². The van der Waals surface area contributed by atoms with E-state index in [4.69, 9.17) is 0 Å². The smallest absolute Gasteiger partial charge is 0.243 e. The largest absolute Gasteiger partial charge is 0.317 e. The molecule has 2 heterocycles. The van der Waals surface area contributed by atoms with Gasteiger partial charge in [-0.2, -0.15) is 4.31 Å². The molecule has 7 heteroatoms. The van der Waals surface area contributed by atoms with E-state index in [2.05, 4.69) is 12.2 Å². The van der Waals surface area contributed by atoms with E-state index in [1.54, 1.807) is 33.5 Å². The van der Waals surface area contributed by atoms with Crippen LogP contribution < -0.4 is 10.2 Å². The first kappa shape index (κ1) is 18.4. The summed E-state index contributed by atoms with van der Waals surface area (Å²) < 4.78 is 27.3. The lowest BCUT2D eigenvalue weighted by Gasteiger charge is -2.31. The minimum absolute atomic E-state index is 0.110. The van der Waals surface area contributed by atoms with Gasteiger partial charge in [0.2, 0.25) is 15.9 Å². The number of hydrogen-bond donors (Lipinski definition) is 1. The van der Waals surface area contributed by atoms with Crippen LogP contribution in [0.15, 0.2) is 29.2 Å². The van der Waals surface area contributed by atoms with Crippen molar-refractivity contribution >= 4 is 21.6 Å². The number of piperidine rings is 1. The number of nitrogens with one attached hydrogen (secondary N) is 1. The number of amides is 1. The van der Waals surface area contributed by atoms with E-state index in [9.17, 15) is 13.2 Å². The number of anilines is 1. The van der Waals surface area contributed by atoms with Gasteiger partial charge in [-0.25, -0.2) is 8.42 Å². The molecule has 0 saturated carbocycles. The van der Waals surface area contributed by atoms with Crippen molar-refractivity contribution in [3.8, 4) is 0 Å². The van der Waals surface area contributed by atoms with E-state index in [0.29, 0.717) is 36.9 Å². The molecule has 1 amide bonds. The van der Waals surface area contributed by atoms with Gasteiger partial charge in [0.15, 0.2) is 0 Å². The number of sulfonamides is 1. The zero-order chi connectivity index (χ0) is 17.9. The Morgan fingerprint density at radius 2 is 1.80 bits per heavy atom. The zero-order valence-corrected chi connectivity index (χ0v) is 15.6. The average Bonchev–Trinajstić information content (AvgIpc) is 3.06. The Morgan fingerprint density at radius 1 is 1.12 bits per heavy atom. The maximum absolute atomic E-state index is 12.8. The van der Waals surface area contributed by atoms with Crippen LogP contribution in [0.4, 0.5) is 5.69 Å². The lowest BCUT2D eigenvalue weighted by molar-refractivity contribution is -0.117. The van der Waals surface area contributed by atoms with Crippen LogP contribution in [0.2, 0.25) is 0 Å². The first-order valence-electron chi connectivity index (χ1n) is 9.13. The van der Waals surface area contributed by atoms with Gasteiger partial charge in [0.25, 0.3) is 0 Å². The summed E-state index contributed by atoms with van der Waals surface area (Å²) in [5.74, 6) is 0.660. The fraction of sp³-hybridized carbons (Fsp3) is 0.611. The highest BCUT2D eigenvalue weighted by Crippen LogP contribution is 2.26. The van der Waals surface area contributed by atoms with Crippen molar-refractivity contribution in [2.24, 2.45) is 5.92 Å². The molecule has 0 bridgehead atoms. The minimum Gasteiger partial charge on any atom is -0.317 e. The summed E-state index contributed by atoms with van der Waals surface area (Å²) in [5, 5.41) is 3.34. The standard InChI is InChI=1S/C18H27N3O3S/c1-2-19-14-15-9-12-20(13-10-15)25(23,24)17-7-5-16(6-8-17)21-11-3-4-18(21)22/h5-8,15,19H,2-4,9-14H2,1H3. The molecule has 2 saturated heterocycles. The SMILES string of the molecule is CCNCC1CCN(S(=O)(=O)c2ccc(N3CCCC3=O)cc2)CC1. The van der Waals surface area contributed by atoms with Crippen molar-refractivity contribution in [3.05, 3.63) is 24.3 Å². The van der Waals surface area contributed by atoms with Crippen LogP contribution >= 0.6 is 0 Å². The molecule has 1 aromatic rings. The predicted octanol–water partition coefficient (Wildman–Crippen LogP) is 1.82. The van der Waals surface area contributed by atoms with Crippen molar-refractivity contribution in [2.75, 3.05) is 37.6 Å².